The number of amides is 2. The predicted octanol–water partition coefficient (Wildman–Crippen LogP) is 5.86. The van der Waals surface area contributed by atoms with Crippen LogP contribution in [0.4, 0.5) is 15.0 Å². The molecule has 2 fully saturated rings. The highest BCUT2D eigenvalue weighted by Gasteiger charge is 2.50. The molecule has 2 aromatic rings. The fraction of sp³-hybridized carbons (Fsp3) is 0.676. The molecule has 0 unspecified atom stereocenters. The summed E-state index contributed by atoms with van der Waals surface area (Å²) in [4.78, 5) is 38.3. The standard InChI is InChI=1S/C34H52FN7O4/c1-10-42(24(4)5)31(43)26-18-25(35)13-14-28(26)45-30-29(36-22-37-38-30)40-17-15-34(19-40)20-41(21-34)27(23(2)3)12-11-16-39(9)32(44)46-33(6,7)8/h13-14,18,22-24,27H,10-12,15-17,19-21H2,1-9H3/t27-/m0/s1. The van der Waals surface area contributed by atoms with Gasteiger partial charge in [0.1, 0.15) is 23.5 Å². The van der Waals surface area contributed by atoms with E-state index in [9.17, 15) is 14.0 Å². The van der Waals surface area contributed by atoms with Crippen LogP contribution in [0, 0.1) is 17.2 Å². The van der Waals surface area contributed by atoms with E-state index in [1.165, 1.54) is 24.5 Å². The Morgan fingerprint density at radius 2 is 1.85 bits per heavy atom. The van der Waals surface area contributed by atoms with Gasteiger partial charge in [0.2, 0.25) is 0 Å². The van der Waals surface area contributed by atoms with Crippen molar-refractivity contribution in [1.29, 1.82) is 0 Å². The van der Waals surface area contributed by atoms with Crippen molar-refractivity contribution in [3.63, 3.8) is 0 Å². The Hall–Kier alpha value is -3.54. The number of hydrogen-bond donors (Lipinski definition) is 0. The normalized spacial score (nSPS) is 16.9. The van der Waals surface area contributed by atoms with E-state index in [2.05, 4.69) is 38.8 Å². The number of likely N-dealkylation sites (tertiary alicyclic amines) is 1. The zero-order valence-electron chi connectivity index (χ0n) is 29.0. The topological polar surface area (TPSA) is 104 Å². The molecule has 2 aliphatic heterocycles. The number of ether oxygens (including phenoxy) is 2. The van der Waals surface area contributed by atoms with Crippen molar-refractivity contribution in [3.8, 4) is 11.6 Å². The number of aromatic nitrogens is 3. The maximum atomic E-state index is 14.3. The van der Waals surface area contributed by atoms with Crippen molar-refractivity contribution < 1.29 is 23.5 Å². The highest BCUT2D eigenvalue weighted by atomic mass is 19.1. The van der Waals surface area contributed by atoms with Crippen LogP contribution in [0.15, 0.2) is 24.5 Å². The van der Waals surface area contributed by atoms with Gasteiger partial charge in [-0.15, -0.1) is 10.2 Å². The molecule has 2 aliphatic rings. The molecule has 12 heteroatoms. The lowest BCUT2D eigenvalue weighted by atomic mass is 9.76. The van der Waals surface area contributed by atoms with E-state index in [-0.39, 0.29) is 40.7 Å². The average Bonchev–Trinajstić information content (AvgIpc) is 3.40. The largest absolute Gasteiger partial charge is 0.444 e. The summed E-state index contributed by atoms with van der Waals surface area (Å²) in [7, 11) is 1.80. The van der Waals surface area contributed by atoms with Gasteiger partial charge in [-0.25, -0.2) is 14.2 Å². The quantitative estimate of drug-likeness (QED) is 0.282. The summed E-state index contributed by atoms with van der Waals surface area (Å²) in [5, 5.41) is 8.19. The van der Waals surface area contributed by atoms with Crippen LogP contribution in [0.1, 0.15) is 85.0 Å². The first kappa shape index (κ1) is 35.3. The van der Waals surface area contributed by atoms with Gasteiger partial charge in [-0.3, -0.25) is 9.69 Å². The number of halogens is 1. The molecular weight excluding hydrogens is 589 g/mol. The molecule has 11 nitrogen and oxygen atoms in total. The first-order valence-electron chi connectivity index (χ1n) is 16.5. The van der Waals surface area contributed by atoms with Crippen LogP contribution in [0.5, 0.6) is 11.6 Å². The van der Waals surface area contributed by atoms with Gasteiger partial charge in [0.05, 0.1) is 5.56 Å². The Morgan fingerprint density at radius 3 is 2.48 bits per heavy atom. The van der Waals surface area contributed by atoms with Gasteiger partial charge in [0.25, 0.3) is 11.8 Å². The van der Waals surface area contributed by atoms with Crippen molar-refractivity contribution in [3.05, 3.63) is 35.9 Å². The van der Waals surface area contributed by atoms with Crippen molar-refractivity contribution in [2.45, 2.75) is 92.3 Å². The predicted molar refractivity (Wildman–Crippen MR) is 176 cm³/mol. The molecule has 1 spiro atoms. The first-order valence-corrected chi connectivity index (χ1v) is 16.5. The summed E-state index contributed by atoms with van der Waals surface area (Å²) in [6.45, 7) is 20.6. The third kappa shape index (κ3) is 8.43. The Morgan fingerprint density at radius 1 is 1.13 bits per heavy atom. The number of anilines is 1. The van der Waals surface area contributed by atoms with Gasteiger partial charge in [0, 0.05) is 63.8 Å². The molecule has 0 radical (unpaired) electrons. The summed E-state index contributed by atoms with van der Waals surface area (Å²) in [5.74, 6) is 0.637. The van der Waals surface area contributed by atoms with E-state index >= 15 is 0 Å². The Kier molecular flexibility index (Phi) is 11.1. The van der Waals surface area contributed by atoms with E-state index < -0.39 is 11.4 Å². The lowest BCUT2D eigenvalue weighted by Gasteiger charge is -2.53. The monoisotopic (exact) mass is 641 g/mol. The molecule has 0 aliphatic carbocycles. The molecule has 4 rings (SSSR count). The Labute approximate surface area is 273 Å². The molecule has 0 N–H and O–H groups in total. The molecule has 2 amide bonds. The molecule has 1 aromatic heterocycles. The minimum absolute atomic E-state index is 0.0564. The number of hydrogen-bond acceptors (Lipinski definition) is 9. The average molecular weight is 642 g/mol. The van der Waals surface area contributed by atoms with E-state index in [0.29, 0.717) is 30.9 Å². The molecule has 254 valence electrons. The summed E-state index contributed by atoms with van der Waals surface area (Å²) in [5.41, 5.74) is -0.232. The van der Waals surface area contributed by atoms with E-state index in [1.807, 2.05) is 41.5 Å². The molecular formula is C34H52FN7O4. The van der Waals surface area contributed by atoms with Crippen molar-refractivity contribution in [2.75, 3.05) is 51.2 Å². The van der Waals surface area contributed by atoms with Crippen molar-refractivity contribution >= 4 is 17.8 Å². The molecule has 1 atom stereocenters. The van der Waals surface area contributed by atoms with Gasteiger partial charge in [-0.2, -0.15) is 0 Å². The molecule has 0 bridgehead atoms. The lowest BCUT2D eigenvalue weighted by molar-refractivity contribution is -0.0346. The van der Waals surface area contributed by atoms with Crippen LogP contribution in [-0.4, -0.2) is 106 Å². The summed E-state index contributed by atoms with van der Waals surface area (Å²) in [6, 6.07) is 4.31. The van der Waals surface area contributed by atoms with Gasteiger partial charge in [-0.05, 0) is 84.9 Å². The summed E-state index contributed by atoms with van der Waals surface area (Å²) >= 11 is 0. The zero-order chi connectivity index (χ0) is 33.8. The fourth-order valence-electron chi connectivity index (χ4n) is 6.63. The van der Waals surface area contributed by atoms with Crippen LogP contribution < -0.4 is 9.64 Å². The van der Waals surface area contributed by atoms with Crippen LogP contribution in [-0.2, 0) is 4.74 Å². The minimum atomic E-state index is -0.515. The lowest BCUT2D eigenvalue weighted by Crippen LogP contribution is -2.62. The number of benzene rings is 1. The second kappa shape index (κ2) is 14.5. The SMILES string of the molecule is CCN(C(=O)c1cc(F)ccc1Oc1nncnc1N1CCC2(C1)CN([C@@H](CCCN(C)C(=O)OC(C)(C)C)C(C)C)C2)C(C)C. The Bertz CT molecular complexity index is 1360. The fourth-order valence-corrected chi connectivity index (χ4v) is 6.63. The molecule has 1 aromatic carbocycles. The molecule has 46 heavy (non-hydrogen) atoms. The second-order valence-corrected chi connectivity index (χ2v) is 14.4. The van der Waals surface area contributed by atoms with Crippen molar-refractivity contribution in [2.24, 2.45) is 11.3 Å². The number of rotatable bonds is 12. The number of carbonyl (C=O) groups is 2. The van der Waals surface area contributed by atoms with E-state index in [1.54, 1.807) is 16.8 Å². The van der Waals surface area contributed by atoms with Gasteiger partial charge < -0.3 is 24.2 Å². The maximum Gasteiger partial charge on any atom is 0.410 e. The first-order chi connectivity index (χ1) is 21.6. The second-order valence-electron chi connectivity index (χ2n) is 14.4. The third-order valence-electron chi connectivity index (χ3n) is 8.93. The highest BCUT2D eigenvalue weighted by molar-refractivity contribution is 5.97. The molecule has 2 saturated heterocycles. The zero-order valence-corrected chi connectivity index (χ0v) is 29.0. The molecule has 0 saturated carbocycles. The van der Waals surface area contributed by atoms with E-state index in [4.69, 9.17) is 9.47 Å². The van der Waals surface area contributed by atoms with Crippen LogP contribution >= 0.6 is 0 Å². The third-order valence-corrected chi connectivity index (χ3v) is 8.93. The van der Waals surface area contributed by atoms with Gasteiger partial charge in [0.15, 0.2) is 5.82 Å². The van der Waals surface area contributed by atoms with E-state index in [0.717, 1.165) is 45.4 Å². The van der Waals surface area contributed by atoms with Crippen molar-refractivity contribution in [1.82, 2.24) is 29.9 Å². The number of carbonyl (C=O) groups excluding carboxylic acids is 2. The van der Waals surface area contributed by atoms with Crippen LogP contribution in [0.25, 0.3) is 0 Å². The summed E-state index contributed by atoms with van der Waals surface area (Å²) in [6.07, 6.45) is 4.04. The van der Waals surface area contributed by atoms with Crippen LogP contribution in [0.3, 0.4) is 0 Å². The summed E-state index contributed by atoms with van der Waals surface area (Å²) < 4.78 is 26.0. The molecule has 3 heterocycles. The van der Waals surface area contributed by atoms with Gasteiger partial charge >= 0.3 is 6.09 Å². The maximum absolute atomic E-state index is 14.3. The number of nitrogens with zero attached hydrogens (tertiary/aromatic N) is 7. The van der Waals surface area contributed by atoms with Crippen LogP contribution in [0.2, 0.25) is 0 Å². The smallest absolute Gasteiger partial charge is 0.410 e. The highest BCUT2D eigenvalue weighted by Crippen LogP contribution is 2.44. The minimum Gasteiger partial charge on any atom is -0.444 e. The van der Waals surface area contributed by atoms with Gasteiger partial charge in [-0.1, -0.05) is 13.8 Å². The Balaban J connectivity index is 1.39.